The van der Waals surface area contributed by atoms with E-state index in [1.54, 1.807) is 60.7 Å². The Morgan fingerprint density at radius 3 is 2.53 bits per heavy atom. The largest absolute Gasteiger partial charge is 0.491 e. The van der Waals surface area contributed by atoms with Crippen molar-refractivity contribution in [3.05, 3.63) is 106 Å². The van der Waals surface area contributed by atoms with Gasteiger partial charge in [-0.1, -0.05) is 35.9 Å². The second kappa shape index (κ2) is 11.1. The molecule has 220 valence electrons. The fourth-order valence-corrected chi connectivity index (χ4v) is 6.42. The Hall–Kier alpha value is -4.78. The summed E-state index contributed by atoms with van der Waals surface area (Å²) in [5.74, 6) is -0.503. The maximum absolute atomic E-state index is 14.0. The number of hydrogen-bond acceptors (Lipinski definition) is 8. The zero-order valence-corrected chi connectivity index (χ0v) is 23.8. The average Bonchev–Trinajstić information content (AvgIpc) is 3.60. The van der Waals surface area contributed by atoms with Gasteiger partial charge < -0.3 is 19.7 Å². The standard InChI is InChI=1S/C31H27N3O8S/c1-19-6-9-23(10-7-19)43(39,40)42-18-21-17-33(29-16-28(34(37)38)24-4-2-3-5-25(24)30(21)29)31(36)27-15-20-14-22(41-13-12-35)8-11-26(20)32-27/h2-11,14-16,21,32,35H,12-13,17-18H2,1H3. The molecule has 1 aliphatic heterocycles. The fraction of sp³-hybridized carbons (Fsp3) is 0.194. The fourth-order valence-electron chi connectivity index (χ4n) is 5.48. The molecule has 0 saturated carbocycles. The van der Waals surface area contributed by atoms with Gasteiger partial charge in [-0.15, -0.1) is 0 Å². The van der Waals surface area contributed by atoms with E-state index in [2.05, 4.69) is 4.98 Å². The summed E-state index contributed by atoms with van der Waals surface area (Å²) in [5.41, 5.74) is 2.57. The monoisotopic (exact) mass is 601 g/mol. The van der Waals surface area contributed by atoms with Crippen LogP contribution in [0.4, 0.5) is 11.4 Å². The smallest absolute Gasteiger partial charge is 0.296 e. The van der Waals surface area contributed by atoms with Crippen LogP contribution in [0, 0.1) is 17.0 Å². The highest BCUT2D eigenvalue weighted by molar-refractivity contribution is 7.86. The van der Waals surface area contributed by atoms with Crippen molar-refractivity contribution in [2.24, 2.45) is 0 Å². The van der Waals surface area contributed by atoms with Crippen LogP contribution in [0.2, 0.25) is 0 Å². The first kappa shape index (κ1) is 28.3. The molecule has 11 nitrogen and oxygen atoms in total. The minimum Gasteiger partial charge on any atom is -0.491 e. The van der Waals surface area contributed by atoms with Gasteiger partial charge in [0.25, 0.3) is 21.7 Å². The van der Waals surface area contributed by atoms with Gasteiger partial charge in [0, 0.05) is 29.4 Å². The van der Waals surface area contributed by atoms with Crippen LogP contribution in [-0.2, 0) is 14.3 Å². The van der Waals surface area contributed by atoms with Crippen molar-refractivity contribution in [2.45, 2.75) is 17.7 Å². The summed E-state index contributed by atoms with van der Waals surface area (Å²) in [5, 5.41) is 22.7. The molecule has 1 aromatic heterocycles. The quantitative estimate of drug-likeness (QED) is 0.135. The van der Waals surface area contributed by atoms with E-state index in [-0.39, 0.29) is 42.6 Å². The molecule has 0 aliphatic carbocycles. The number of H-pyrrole nitrogens is 1. The number of benzene rings is 4. The number of aromatic nitrogens is 1. The van der Waals surface area contributed by atoms with Gasteiger partial charge in [-0.25, -0.2) is 0 Å². The molecule has 0 spiro atoms. The minimum atomic E-state index is -4.11. The molecule has 0 saturated heterocycles. The van der Waals surface area contributed by atoms with Gasteiger partial charge in [-0.05, 0) is 60.3 Å². The summed E-state index contributed by atoms with van der Waals surface area (Å²) in [6.45, 7) is 1.61. The summed E-state index contributed by atoms with van der Waals surface area (Å²) >= 11 is 0. The van der Waals surface area contributed by atoms with Gasteiger partial charge in [-0.2, -0.15) is 8.42 Å². The molecule has 1 atom stereocenters. The minimum absolute atomic E-state index is 0.0122. The Bertz CT molecular complexity index is 1990. The van der Waals surface area contributed by atoms with Crippen LogP contribution in [0.1, 0.15) is 27.5 Å². The van der Waals surface area contributed by atoms with E-state index < -0.39 is 26.9 Å². The number of fused-ring (bicyclic) bond motifs is 4. The lowest BCUT2D eigenvalue weighted by atomic mass is 9.94. The molecule has 1 aliphatic rings. The Balaban J connectivity index is 1.39. The number of rotatable bonds is 9. The summed E-state index contributed by atoms with van der Waals surface area (Å²) in [6.07, 6.45) is 0. The molecule has 6 rings (SSSR count). The number of amides is 1. The number of nitrogens with zero attached hydrogens (tertiary/aromatic N) is 2. The number of nitro benzene ring substituents is 1. The second-order valence-corrected chi connectivity index (χ2v) is 11.9. The number of hydrogen-bond donors (Lipinski definition) is 2. The Morgan fingerprint density at radius 1 is 1.07 bits per heavy atom. The molecular formula is C31H27N3O8S. The lowest BCUT2D eigenvalue weighted by Gasteiger charge is -2.17. The molecular weight excluding hydrogens is 574 g/mol. The molecule has 43 heavy (non-hydrogen) atoms. The van der Waals surface area contributed by atoms with Crippen LogP contribution in [-0.4, -0.2) is 55.7 Å². The Morgan fingerprint density at radius 2 is 1.81 bits per heavy atom. The lowest BCUT2D eigenvalue weighted by Crippen LogP contribution is -2.31. The predicted octanol–water partition coefficient (Wildman–Crippen LogP) is 5.06. The van der Waals surface area contributed by atoms with E-state index >= 15 is 0 Å². The summed E-state index contributed by atoms with van der Waals surface area (Å²) < 4.78 is 37.0. The molecule has 1 unspecified atom stereocenters. The summed E-state index contributed by atoms with van der Waals surface area (Å²) in [4.78, 5) is 30.1. The second-order valence-electron chi connectivity index (χ2n) is 10.3. The van der Waals surface area contributed by atoms with Gasteiger partial charge in [-0.3, -0.25) is 19.1 Å². The maximum atomic E-state index is 14.0. The van der Waals surface area contributed by atoms with Crippen LogP contribution in [0.15, 0.2) is 83.8 Å². The molecule has 1 amide bonds. The zero-order chi connectivity index (χ0) is 30.3. The summed E-state index contributed by atoms with van der Waals surface area (Å²) in [7, 11) is -4.11. The lowest BCUT2D eigenvalue weighted by molar-refractivity contribution is -0.383. The number of nitrogens with one attached hydrogen (secondary N) is 1. The Labute approximate surface area is 246 Å². The molecule has 2 N–H and O–H groups in total. The van der Waals surface area contributed by atoms with Crippen molar-refractivity contribution in [2.75, 3.05) is 31.3 Å². The first-order valence-electron chi connectivity index (χ1n) is 13.5. The predicted molar refractivity (Wildman–Crippen MR) is 160 cm³/mol. The van der Waals surface area contributed by atoms with Gasteiger partial charge in [0.15, 0.2) is 0 Å². The van der Waals surface area contributed by atoms with Crippen LogP contribution in [0.3, 0.4) is 0 Å². The first-order chi connectivity index (χ1) is 20.7. The van der Waals surface area contributed by atoms with E-state index in [0.29, 0.717) is 38.7 Å². The molecule has 12 heteroatoms. The number of aliphatic hydroxyl groups excluding tert-OH is 1. The number of nitro groups is 1. The number of aryl methyl sites for hydroxylation is 1. The number of ether oxygens (including phenoxy) is 1. The maximum Gasteiger partial charge on any atom is 0.296 e. The van der Waals surface area contributed by atoms with Crippen LogP contribution < -0.4 is 9.64 Å². The normalized spacial score (nSPS) is 14.7. The average molecular weight is 602 g/mol. The number of non-ortho nitro benzene ring substituents is 1. The molecule has 5 aromatic rings. The number of carbonyl (C=O) groups excluding carboxylic acids is 1. The van der Waals surface area contributed by atoms with Crippen LogP contribution in [0.25, 0.3) is 21.7 Å². The highest BCUT2D eigenvalue weighted by atomic mass is 32.2. The van der Waals surface area contributed by atoms with E-state index in [1.165, 1.54) is 23.1 Å². The van der Waals surface area contributed by atoms with Gasteiger partial charge >= 0.3 is 0 Å². The van der Waals surface area contributed by atoms with E-state index in [9.17, 15) is 23.3 Å². The number of aromatic amines is 1. The van der Waals surface area contributed by atoms with Crippen LogP contribution >= 0.6 is 0 Å². The number of anilines is 1. The SMILES string of the molecule is Cc1ccc(S(=O)(=O)OCC2CN(C(=O)c3cc4cc(OCCO)ccc4[nH]3)c3cc([N+](=O)[O-])c4ccccc4c32)cc1. The van der Waals surface area contributed by atoms with Crippen molar-refractivity contribution >= 4 is 49.1 Å². The third-order valence-corrected chi connectivity index (χ3v) is 8.80. The van der Waals surface area contributed by atoms with E-state index in [1.807, 2.05) is 6.92 Å². The molecule has 2 heterocycles. The van der Waals surface area contributed by atoms with Crippen LogP contribution in [0.5, 0.6) is 5.75 Å². The number of carbonyl (C=O) groups is 1. The van der Waals surface area contributed by atoms with Crippen molar-refractivity contribution in [3.63, 3.8) is 0 Å². The first-order valence-corrected chi connectivity index (χ1v) is 14.9. The Kier molecular flexibility index (Phi) is 7.34. The highest BCUT2D eigenvalue weighted by Crippen LogP contribution is 2.46. The third-order valence-electron chi connectivity index (χ3n) is 7.50. The van der Waals surface area contributed by atoms with Crippen molar-refractivity contribution < 1.29 is 32.2 Å². The third kappa shape index (κ3) is 5.31. The molecule has 0 radical (unpaired) electrons. The van der Waals surface area contributed by atoms with Gasteiger partial charge in [0.05, 0.1) is 34.1 Å². The van der Waals surface area contributed by atoms with Crippen molar-refractivity contribution in [3.8, 4) is 5.75 Å². The van der Waals surface area contributed by atoms with E-state index in [4.69, 9.17) is 14.0 Å². The summed E-state index contributed by atoms with van der Waals surface area (Å²) in [6, 6.07) is 21.3. The van der Waals surface area contributed by atoms with Gasteiger partial charge in [0.2, 0.25) is 0 Å². The van der Waals surface area contributed by atoms with E-state index in [0.717, 1.165) is 5.56 Å². The number of aliphatic hydroxyl groups is 1. The molecule has 4 aromatic carbocycles. The van der Waals surface area contributed by atoms with Gasteiger partial charge in [0.1, 0.15) is 18.1 Å². The molecule has 0 fully saturated rings. The van der Waals surface area contributed by atoms with Crippen molar-refractivity contribution in [1.82, 2.24) is 4.98 Å². The topological polar surface area (TPSA) is 152 Å². The van der Waals surface area contributed by atoms with Crippen molar-refractivity contribution in [1.29, 1.82) is 0 Å². The zero-order valence-electron chi connectivity index (χ0n) is 23.0. The molecule has 0 bridgehead atoms. The highest BCUT2D eigenvalue weighted by Gasteiger charge is 2.38.